The number of hydrogen-bond acceptors (Lipinski definition) is 6. The Morgan fingerprint density at radius 1 is 0.842 bits per heavy atom. The first-order valence-electron chi connectivity index (χ1n) is 11.9. The van der Waals surface area contributed by atoms with Gasteiger partial charge < -0.3 is 24.6 Å². The van der Waals surface area contributed by atoms with Gasteiger partial charge in [-0.25, -0.2) is 9.59 Å². The van der Waals surface area contributed by atoms with Gasteiger partial charge in [-0.2, -0.15) is 13.2 Å². The van der Waals surface area contributed by atoms with Crippen molar-refractivity contribution in [1.29, 1.82) is 0 Å². The van der Waals surface area contributed by atoms with Crippen LogP contribution in [0.2, 0.25) is 0 Å². The van der Waals surface area contributed by atoms with E-state index in [4.69, 9.17) is 19.3 Å². The van der Waals surface area contributed by atoms with E-state index >= 15 is 0 Å². The average Bonchev–Trinajstić information content (AvgIpc) is 3.23. The molecule has 2 atom stereocenters. The van der Waals surface area contributed by atoms with E-state index in [0.29, 0.717) is 5.56 Å². The minimum atomic E-state index is -4.89. The summed E-state index contributed by atoms with van der Waals surface area (Å²) in [6, 6.07) is 22.8. The van der Waals surface area contributed by atoms with Crippen molar-refractivity contribution in [2.75, 3.05) is 19.8 Å². The fourth-order valence-electron chi connectivity index (χ4n) is 4.17. The predicted octanol–water partition coefficient (Wildman–Crippen LogP) is 4.58. The zero-order valence-electron chi connectivity index (χ0n) is 20.2. The second kappa shape index (κ2) is 12.1. The molecule has 3 aromatic carbocycles. The van der Waals surface area contributed by atoms with Crippen LogP contribution >= 0.6 is 0 Å². The molecule has 0 saturated carbocycles. The molecule has 1 aliphatic carbocycles. The van der Waals surface area contributed by atoms with Crippen molar-refractivity contribution < 1.29 is 42.1 Å². The summed E-state index contributed by atoms with van der Waals surface area (Å²) in [5, 5.41) is 11.5. The highest BCUT2D eigenvalue weighted by molar-refractivity contribution is 5.82. The first-order chi connectivity index (χ1) is 18.2. The van der Waals surface area contributed by atoms with Crippen LogP contribution in [0.1, 0.15) is 22.6 Å². The van der Waals surface area contributed by atoms with E-state index in [1.807, 2.05) is 48.5 Å². The SMILES string of the molecule is O=C(N[C@@H](COCC(O)C(F)(F)F)C(=O)OCc1ccccc1)OCC1c2ccccc2-c2ccccc21. The van der Waals surface area contributed by atoms with E-state index in [9.17, 15) is 22.8 Å². The Kier molecular flexibility index (Phi) is 8.65. The number of carbonyl (C=O) groups is 2. The van der Waals surface area contributed by atoms with Crippen LogP contribution in [-0.2, 0) is 25.6 Å². The standard InChI is InChI=1S/C28H26F3NO6/c29-28(30,31)25(33)17-36-16-24(26(34)37-14-18-8-2-1-3-9-18)32-27(35)38-15-23-21-12-6-4-10-19(21)20-11-5-7-13-22(20)23/h1-13,23-25,33H,14-17H2,(H,32,35)/t24-,25?/m0/s1. The third kappa shape index (κ3) is 6.70. The molecule has 0 saturated heterocycles. The van der Waals surface area contributed by atoms with Crippen LogP contribution in [0, 0.1) is 0 Å². The molecule has 0 aromatic heterocycles. The summed E-state index contributed by atoms with van der Waals surface area (Å²) in [5.74, 6) is -1.15. The summed E-state index contributed by atoms with van der Waals surface area (Å²) in [6.07, 6.45) is -8.59. The Balaban J connectivity index is 1.38. The predicted molar refractivity (Wildman–Crippen MR) is 131 cm³/mol. The Hall–Kier alpha value is -3.89. The Morgan fingerprint density at radius 2 is 1.42 bits per heavy atom. The summed E-state index contributed by atoms with van der Waals surface area (Å²) >= 11 is 0. The minimum Gasteiger partial charge on any atom is -0.459 e. The molecule has 1 unspecified atom stereocenters. The van der Waals surface area contributed by atoms with Crippen LogP contribution in [0.15, 0.2) is 78.9 Å². The molecule has 38 heavy (non-hydrogen) atoms. The van der Waals surface area contributed by atoms with Crippen LogP contribution < -0.4 is 5.32 Å². The van der Waals surface area contributed by atoms with Crippen molar-refractivity contribution in [2.45, 2.75) is 30.8 Å². The number of nitrogens with one attached hydrogen (secondary N) is 1. The number of aliphatic hydroxyl groups excluding tert-OH is 1. The summed E-state index contributed by atoms with van der Waals surface area (Å²) in [4.78, 5) is 25.3. The number of benzene rings is 3. The molecule has 1 aliphatic rings. The van der Waals surface area contributed by atoms with Crippen molar-refractivity contribution in [3.63, 3.8) is 0 Å². The van der Waals surface area contributed by atoms with Gasteiger partial charge in [0, 0.05) is 5.92 Å². The number of halogens is 3. The van der Waals surface area contributed by atoms with Gasteiger partial charge in [0.2, 0.25) is 0 Å². The van der Waals surface area contributed by atoms with Crippen molar-refractivity contribution in [3.8, 4) is 11.1 Å². The fourth-order valence-corrected chi connectivity index (χ4v) is 4.17. The van der Waals surface area contributed by atoms with Gasteiger partial charge in [-0.15, -0.1) is 0 Å². The monoisotopic (exact) mass is 529 g/mol. The lowest BCUT2D eigenvalue weighted by molar-refractivity contribution is -0.217. The van der Waals surface area contributed by atoms with E-state index in [0.717, 1.165) is 22.3 Å². The number of amides is 1. The summed E-state index contributed by atoms with van der Waals surface area (Å²) in [5.41, 5.74) is 4.73. The Morgan fingerprint density at radius 3 is 2.03 bits per heavy atom. The van der Waals surface area contributed by atoms with Crippen LogP contribution in [-0.4, -0.2) is 55.3 Å². The number of fused-ring (bicyclic) bond motifs is 3. The number of aliphatic hydroxyl groups is 1. The van der Waals surface area contributed by atoms with Crippen LogP contribution in [0.4, 0.5) is 18.0 Å². The van der Waals surface area contributed by atoms with E-state index < -0.39 is 43.6 Å². The summed E-state index contributed by atoms with van der Waals surface area (Å²) in [7, 11) is 0. The fraction of sp³-hybridized carbons (Fsp3) is 0.286. The summed E-state index contributed by atoms with van der Waals surface area (Å²) in [6.45, 7) is -1.92. The van der Waals surface area contributed by atoms with E-state index in [-0.39, 0.29) is 19.1 Å². The number of esters is 1. The molecule has 2 N–H and O–H groups in total. The van der Waals surface area contributed by atoms with Gasteiger partial charge in [-0.1, -0.05) is 78.9 Å². The first kappa shape index (κ1) is 27.2. The van der Waals surface area contributed by atoms with Gasteiger partial charge in [0.05, 0.1) is 13.2 Å². The second-order valence-electron chi connectivity index (χ2n) is 8.71. The smallest absolute Gasteiger partial charge is 0.416 e. The number of alkyl halides is 3. The molecule has 1 amide bonds. The minimum absolute atomic E-state index is 0.0285. The zero-order valence-corrected chi connectivity index (χ0v) is 20.2. The highest BCUT2D eigenvalue weighted by atomic mass is 19.4. The molecular formula is C28H26F3NO6. The van der Waals surface area contributed by atoms with Gasteiger partial charge in [0.25, 0.3) is 0 Å². The van der Waals surface area contributed by atoms with Gasteiger partial charge in [-0.3, -0.25) is 0 Å². The third-order valence-corrected chi connectivity index (χ3v) is 6.08. The van der Waals surface area contributed by atoms with Gasteiger partial charge in [-0.05, 0) is 27.8 Å². The maximum atomic E-state index is 12.7. The van der Waals surface area contributed by atoms with Gasteiger partial charge in [0.1, 0.15) is 13.2 Å². The molecule has 0 bridgehead atoms. The highest BCUT2D eigenvalue weighted by Crippen LogP contribution is 2.44. The Bertz CT molecular complexity index is 1210. The van der Waals surface area contributed by atoms with Crippen molar-refractivity contribution in [1.82, 2.24) is 5.32 Å². The van der Waals surface area contributed by atoms with Gasteiger partial charge in [0.15, 0.2) is 12.1 Å². The van der Waals surface area contributed by atoms with Crippen LogP contribution in [0.5, 0.6) is 0 Å². The average molecular weight is 530 g/mol. The Labute approximate surface area is 217 Å². The number of hydrogen-bond donors (Lipinski definition) is 2. The molecule has 0 fully saturated rings. The third-order valence-electron chi connectivity index (χ3n) is 6.08. The zero-order chi connectivity index (χ0) is 27.1. The molecule has 10 heteroatoms. The number of ether oxygens (including phenoxy) is 3. The van der Waals surface area contributed by atoms with Crippen molar-refractivity contribution in [3.05, 3.63) is 95.6 Å². The van der Waals surface area contributed by atoms with Crippen molar-refractivity contribution in [2.24, 2.45) is 0 Å². The van der Waals surface area contributed by atoms with Crippen molar-refractivity contribution >= 4 is 12.1 Å². The molecule has 3 aromatic rings. The molecule has 0 aliphatic heterocycles. The van der Waals surface area contributed by atoms with Crippen LogP contribution in [0.25, 0.3) is 11.1 Å². The number of carbonyl (C=O) groups excluding carboxylic acids is 2. The van der Waals surface area contributed by atoms with E-state index in [1.54, 1.807) is 30.3 Å². The topological polar surface area (TPSA) is 94.1 Å². The molecule has 0 radical (unpaired) electrons. The molecule has 0 spiro atoms. The second-order valence-corrected chi connectivity index (χ2v) is 8.71. The highest BCUT2D eigenvalue weighted by Gasteiger charge is 2.38. The quantitative estimate of drug-likeness (QED) is 0.374. The largest absolute Gasteiger partial charge is 0.459 e. The van der Waals surface area contributed by atoms with E-state index in [1.165, 1.54) is 0 Å². The first-order valence-corrected chi connectivity index (χ1v) is 11.9. The van der Waals surface area contributed by atoms with E-state index in [2.05, 4.69) is 5.32 Å². The molecular weight excluding hydrogens is 503 g/mol. The molecule has 0 heterocycles. The normalized spacial score (nSPS) is 14.2. The lowest BCUT2D eigenvalue weighted by Gasteiger charge is -2.20. The maximum absolute atomic E-state index is 12.7. The maximum Gasteiger partial charge on any atom is 0.416 e. The molecule has 7 nitrogen and oxygen atoms in total. The molecule has 200 valence electrons. The van der Waals surface area contributed by atoms with Crippen LogP contribution in [0.3, 0.4) is 0 Å². The lowest BCUT2D eigenvalue weighted by Crippen LogP contribution is -2.46. The number of rotatable bonds is 10. The molecule has 4 rings (SSSR count). The summed E-state index contributed by atoms with van der Waals surface area (Å²) < 4.78 is 53.3. The lowest BCUT2D eigenvalue weighted by atomic mass is 9.98. The number of alkyl carbamates (subject to hydrolysis) is 1. The van der Waals surface area contributed by atoms with Gasteiger partial charge >= 0.3 is 18.2 Å².